The third kappa shape index (κ3) is 2.40. The van der Waals surface area contributed by atoms with Crippen LogP contribution in [-0.2, 0) is 0 Å². The highest BCUT2D eigenvalue weighted by Crippen LogP contribution is 2.33. The fraction of sp³-hybridized carbons (Fsp3) is 0.692. The summed E-state index contributed by atoms with van der Waals surface area (Å²) in [5.41, 5.74) is 9.52. The van der Waals surface area contributed by atoms with Crippen molar-refractivity contribution in [1.82, 2.24) is 10.2 Å². The topological polar surface area (TPSA) is 51.8 Å². The molecule has 1 unspecified atom stereocenters. The molecule has 16 heavy (non-hydrogen) atoms. The van der Waals surface area contributed by atoms with Crippen molar-refractivity contribution in [2.75, 3.05) is 0 Å². The first-order chi connectivity index (χ1) is 7.68. The van der Waals surface area contributed by atoms with Crippen molar-refractivity contribution in [3.8, 4) is 0 Å². The van der Waals surface area contributed by atoms with Gasteiger partial charge in [0.15, 0.2) is 0 Å². The van der Waals surface area contributed by atoms with E-state index in [-0.39, 0.29) is 6.04 Å². The first-order valence-corrected chi connectivity index (χ1v) is 6.25. The third-order valence-electron chi connectivity index (χ3n) is 3.66. The van der Waals surface area contributed by atoms with E-state index < -0.39 is 0 Å². The van der Waals surface area contributed by atoms with Crippen LogP contribution in [0.1, 0.15) is 55.1 Å². The Hall–Kier alpha value is -0.960. The van der Waals surface area contributed by atoms with Crippen LogP contribution in [0.4, 0.5) is 0 Å². The van der Waals surface area contributed by atoms with E-state index in [2.05, 4.69) is 16.3 Å². The van der Waals surface area contributed by atoms with E-state index in [9.17, 15) is 0 Å². The van der Waals surface area contributed by atoms with Gasteiger partial charge in [-0.1, -0.05) is 19.3 Å². The second-order valence-corrected chi connectivity index (χ2v) is 4.95. The molecule has 1 aromatic rings. The van der Waals surface area contributed by atoms with Crippen LogP contribution in [0.2, 0.25) is 0 Å². The predicted octanol–water partition coefficient (Wildman–Crippen LogP) is 2.67. The first-order valence-electron chi connectivity index (χ1n) is 6.25. The van der Waals surface area contributed by atoms with Gasteiger partial charge in [-0.3, -0.25) is 0 Å². The van der Waals surface area contributed by atoms with Gasteiger partial charge in [0.1, 0.15) is 0 Å². The molecule has 2 rings (SSSR count). The van der Waals surface area contributed by atoms with E-state index >= 15 is 0 Å². The van der Waals surface area contributed by atoms with Crippen LogP contribution in [0.3, 0.4) is 0 Å². The number of aryl methyl sites for hydroxylation is 2. The molecule has 3 heteroatoms. The Morgan fingerprint density at radius 2 is 1.88 bits per heavy atom. The molecule has 2 N–H and O–H groups in total. The minimum atomic E-state index is 0.148. The fourth-order valence-electron chi connectivity index (χ4n) is 2.65. The normalized spacial score (nSPS) is 19.7. The molecule has 1 aromatic heterocycles. The summed E-state index contributed by atoms with van der Waals surface area (Å²) in [5.74, 6) is 0.635. The molecule has 1 aliphatic rings. The molecule has 1 saturated carbocycles. The summed E-state index contributed by atoms with van der Waals surface area (Å²) in [5, 5.41) is 8.23. The smallest absolute Gasteiger partial charge is 0.0648 e. The Kier molecular flexibility index (Phi) is 3.54. The van der Waals surface area contributed by atoms with Gasteiger partial charge in [0.05, 0.1) is 11.4 Å². The van der Waals surface area contributed by atoms with Gasteiger partial charge in [0.2, 0.25) is 0 Å². The molecule has 1 fully saturated rings. The molecule has 3 nitrogen and oxygen atoms in total. The van der Waals surface area contributed by atoms with Gasteiger partial charge >= 0.3 is 0 Å². The second-order valence-electron chi connectivity index (χ2n) is 4.95. The standard InChI is InChI=1S/C13H21N3/c1-9-8-12(10(2)16-15-9)13(14)11-6-4-3-5-7-11/h8,11,13H,3-7,14H2,1-2H3. The van der Waals surface area contributed by atoms with Crippen LogP contribution in [-0.4, -0.2) is 10.2 Å². The van der Waals surface area contributed by atoms with Crippen LogP contribution in [0, 0.1) is 19.8 Å². The quantitative estimate of drug-likeness (QED) is 0.832. The average molecular weight is 219 g/mol. The van der Waals surface area contributed by atoms with Crippen molar-refractivity contribution in [2.45, 2.75) is 52.0 Å². The average Bonchev–Trinajstić information content (AvgIpc) is 2.32. The summed E-state index contributed by atoms with van der Waals surface area (Å²) in [6, 6.07) is 2.25. The van der Waals surface area contributed by atoms with Crippen molar-refractivity contribution >= 4 is 0 Å². The highest BCUT2D eigenvalue weighted by atomic mass is 15.1. The number of nitrogens with two attached hydrogens (primary N) is 1. The lowest BCUT2D eigenvalue weighted by molar-refractivity contribution is 0.307. The maximum atomic E-state index is 6.37. The van der Waals surface area contributed by atoms with E-state index in [0.717, 1.165) is 11.4 Å². The molecule has 1 aliphatic carbocycles. The SMILES string of the molecule is Cc1cc(C(N)C2CCCCC2)c(C)nn1. The summed E-state index contributed by atoms with van der Waals surface area (Å²) in [4.78, 5) is 0. The molecule has 0 aromatic carbocycles. The molecule has 1 atom stereocenters. The summed E-state index contributed by atoms with van der Waals surface area (Å²) < 4.78 is 0. The summed E-state index contributed by atoms with van der Waals surface area (Å²) in [6.45, 7) is 3.98. The molecule has 0 saturated heterocycles. The largest absolute Gasteiger partial charge is 0.324 e. The zero-order chi connectivity index (χ0) is 11.5. The number of nitrogens with zero attached hydrogens (tertiary/aromatic N) is 2. The van der Waals surface area contributed by atoms with E-state index in [1.807, 2.05) is 13.8 Å². The third-order valence-corrected chi connectivity index (χ3v) is 3.66. The number of aromatic nitrogens is 2. The second kappa shape index (κ2) is 4.91. The molecule has 0 aliphatic heterocycles. The zero-order valence-electron chi connectivity index (χ0n) is 10.2. The Labute approximate surface area is 97.5 Å². The maximum Gasteiger partial charge on any atom is 0.0648 e. The van der Waals surface area contributed by atoms with Crippen molar-refractivity contribution < 1.29 is 0 Å². The lowest BCUT2D eigenvalue weighted by Crippen LogP contribution is -2.24. The molecular formula is C13H21N3. The van der Waals surface area contributed by atoms with E-state index in [1.165, 1.54) is 37.7 Å². The predicted molar refractivity (Wildman–Crippen MR) is 65.0 cm³/mol. The van der Waals surface area contributed by atoms with Crippen molar-refractivity contribution in [1.29, 1.82) is 0 Å². The summed E-state index contributed by atoms with van der Waals surface area (Å²) >= 11 is 0. The Balaban J connectivity index is 2.18. The summed E-state index contributed by atoms with van der Waals surface area (Å²) in [7, 11) is 0. The molecule has 88 valence electrons. The molecular weight excluding hydrogens is 198 g/mol. The van der Waals surface area contributed by atoms with Crippen LogP contribution in [0.5, 0.6) is 0 Å². The number of rotatable bonds is 2. The van der Waals surface area contributed by atoms with E-state index in [0.29, 0.717) is 5.92 Å². The van der Waals surface area contributed by atoms with Gasteiger partial charge < -0.3 is 5.73 Å². The first kappa shape index (κ1) is 11.5. The van der Waals surface area contributed by atoms with Gasteiger partial charge in [-0.25, -0.2) is 0 Å². The highest BCUT2D eigenvalue weighted by Gasteiger charge is 2.23. The molecule has 0 bridgehead atoms. The zero-order valence-corrected chi connectivity index (χ0v) is 10.2. The molecule has 0 spiro atoms. The molecule has 1 heterocycles. The van der Waals surface area contributed by atoms with Gasteiger partial charge in [-0.2, -0.15) is 10.2 Å². The van der Waals surface area contributed by atoms with Gasteiger partial charge in [-0.15, -0.1) is 0 Å². The highest BCUT2D eigenvalue weighted by molar-refractivity contribution is 5.24. The molecule has 0 amide bonds. The Bertz CT molecular complexity index is 356. The van der Waals surface area contributed by atoms with Crippen molar-refractivity contribution in [2.24, 2.45) is 11.7 Å². The lowest BCUT2D eigenvalue weighted by atomic mass is 9.81. The summed E-state index contributed by atoms with van der Waals surface area (Å²) in [6.07, 6.45) is 6.56. The van der Waals surface area contributed by atoms with Crippen LogP contribution < -0.4 is 5.73 Å². The lowest BCUT2D eigenvalue weighted by Gasteiger charge is -2.28. The number of hydrogen-bond acceptors (Lipinski definition) is 3. The molecule has 0 radical (unpaired) electrons. The van der Waals surface area contributed by atoms with E-state index in [1.54, 1.807) is 0 Å². The minimum Gasteiger partial charge on any atom is -0.324 e. The maximum absolute atomic E-state index is 6.37. The van der Waals surface area contributed by atoms with Gasteiger partial charge in [0, 0.05) is 6.04 Å². The Morgan fingerprint density at radius 1 is 1.19 bits per heavy atom. The van der Waals surface area contributed by atoms with Crippen molar-refractivity contribution in [3.05, 3.63) is 23.0 Å². The van der Waals surface area contributed by atoms with E-state index in [4.69, 9.17) is 5.73 Å². The van der Waals surface area contributed by atoms with Crippen molar-refractivity contribution in [3.63, 3.8) is 0 Å². The minimum absolute atomic E-state index is 0.148. The monoisotopic (exact) mass is 219 g/mol. The number of hydrogen-bond donors (Lipinski definition) is 1. The Morgan fingerprint density at radius 3 is 2.56 bits per heavy atom. The van der Waals surface area contributed by atoms with Crippen LogP contribution in [0.15, 0.2) is 6.07 Å². The fourth-order valence-corrected chi connectivity index (χ4v) is 2.65. The van der Waals surface area contributed by atoms with Crippen LogP contribution >= 0.6 is 0 Å². The van der Waals surface area contributed by atoms with Gasteiger partial charge in [-0.05, 0) is 44.2 Å². The van der Waals surface area contributed by atoms with Crippen LogP contribution in [0.25, 0.3) is 0 Å². The van der Waals surface area contributed by atoms with Gasteiger partial charge in [0.25, 0.3) is 0 Å².